The standard InChI is InChI=1S/C13H22NO3P.H3N/c1-3-16-18(15,17-4-2)14-12-8-11-13-9-6-5-7-10-13;/h5-7,9-10H,3-4,8,11-12H2,1-2H3,(H,14,15);1H3. The van der Waals surface area contributed by atoms with Crippen LogP contribution in [0.2, 0.25) is 0 Å². The molecule has 0 heterocycles. The van der Waals surface area contributed by atoms with Crippen molar-refractivity contribution in [2.75, 3.05) is 19.8 Å². The zero-order chi connectivity index (χ0) is 13.3. The minimum Gasteiger partial charge on any atom is -0.344 e. The molecule has 5 nitrogen and oxygen atoms in total. The van der Waals surface area contributed by atoms with Gasteiger partial charge in [-0.2, -0.15) is 0 Å². The molecule has 110 valence electrons. The summed E-state index contributed by atoms with van der Waals surface area (Å²) in [6.45, 7) is 4.98. The molecule has 0 saturated carbocycles. The van der Waals surface area contributed by atoms with Crippen LogP contribution in [0, 0.1) is 0 Å². The van der Waals surface area contributed by atoms with Crippen molar-refractivity contribution in [3.8, 4) is 0 Å². The highest BCUT2D eigenvalue weighted by Crippen LogP contribution is 2.43. The van der Waals surface area contributed by atoms with Gasteiger partial charge in [-0.1, -0.05) is 30.3 Å². The van der Waals surface area contributed by atoms with E-state index in [2.05, 4.69) is 17.2 Å². The van der Waals surface area contributed by atoms with Crippen LogP contribution in [0.1, 0.15) is 25.8 Å². The molecule has 4 N–H and O–H groups in total. The SMILES string of the molecule is CCOP(=O)(NCCCc1ccccc1)OCC.N. The average Bonchev–Trinajstić information content (AvgIpc) is 2.37. The third kappa shape index (κ3) is 7.45. The van der Waals surface area contributed by atoms with Crippen molar-refractivity contribution in [1.82, 2.24) is 11.2 Å². The summed E-state index contributed by atoms with van der Waals surface area (Å²) in [5.41, 5.74) is 1.28. The Morgan fingerprint density at radius 1 is 1.11 bits per heavy atom. The largest absolute Gasteiger partial charge is 0.405 e. The van der Waals surface area contributed by atoms with Gasteiger partial charge in [-0.3, -0.25) is 9.05 Å². The van der Waals surface area contributed by atoms with Crippen molar-refractivity contribution in [3.63, 3.8) is 0 Å². The fourth-order valence-electron chi connectivity index (χ4n) is 1.62. The Labute approximate surface area is 115 Å². The molecule has 0 aliphatic carbocycles. The van der Waals surface area contributed by atoms with Gasteiger partial charge in [-0.25, -0.2) is 9.65 Å². The third-order valence-electron chi connectivity index (χ3n) is 2.39. The van der Waals surface area contributed by atoms with Crippen molar-refractivity contribution in [2.45, 2.75) is 26.7 Å². The second-order valence-corrected chi connectivity index (χ2v) is 5.66. The summed E-state index contributed by atoms with van der Waals surface area (Å²) >= 11 is 0. The highest BCUT2D eigenvalue weighted by atomic mass is 31.2. The molecule has 0 unspecified atom stereocenters. The van der Waals surface area contributed by atoms with Crippen molar-refractivity contribution in [3.05, 3.63) is 35.9 Å². The van der Waals surface area contributed by atoms with E-state index in [4.69, 9.17) is 9.05 Å². The van der Waals surface area contributed by atoms with Gasteiger partial charge in [0.1, 0.15) is 0 Å². The van der Waals surface area contributed by atoms with Crippen molar-refractivity contribution in [1.29, 1.82) is 0 Å². The normalized spacial score (nSPS) is 11.1. The lowest BCUT2D eigenvalue weighted by molar-refractivity contribution is 0.211. The molecule has 1 rings (SSSR count). The van der Waals surface area contributed by atoms with Crippen LogP contribution in [-0.4, -0.2) is 19.8 Å². The minimum atomic E-state index is -3.09. The van der Waals surface area contributed by atoms with Crippen molar-refractivity contribution < 1.29 is 13.6 Å². The van der Waals surface area contributed by atoms with E-state index in [0.29, 0.717) is 19.8 Å². The quantitative estimate of drug-likeness (QED) is 0.536. The van der Waals surface area contributed by atoms with Gasteiger partial charge in [0.15, 0.2) is 0 Å². The predicted octanol–water partition coefficient (Wildman–Crippen LogP) is 3.55. The molecule has 0 fully saturated rings. The van der Waals surface area contributed by atoms with Crippen LogP contribution in [0.5, 0.6) is 0 Å². The maximum atomic E-state index is 12.1. The second kappa shape index (κ2) is 10.1. The van der Waals surface area contributed by atoms with E-state index in [0.717, 1.165) is 12.8 Å². The lowest BCUT2D eigenvalue weighted by Crippen LogP contribution is -2.16. The highest BCUT2D eigenvalue weighted by Gasteiger charge is 2.21. The Morgan fingerprint density at radius 3 is 2.21 bits per heavy atom. The fraction of sp³-hybridized carbons (Fsp3) is 0.538. The van der Waals surface area contributed by atoms with Gasteiger partial charge in [0.05, 0.1) is 13.2 Å². The highest BCUT2D eigenvalue weighted by molar-refractivity contribution is 7.51. The van der Waals surface area contributed by atoms with E-state index < -0.39 is 7.75 Å². The summed E-state index contributed by atoms with van der Waals surface area (Å²) in [6, 6.07) is 10.2. The molecule has 0 spiro atoms. The van der Waals surface area contributed by atoms with Crippen LogP contribution in [0.25, 0.3) is 0 Å². The van der Waals surface area contributed by atoms with Gasteiger partial charge >= 0.3 is 7.75 Å². The number of aryl methyl sites for hydroxylation is 1. The molecule has 0 aliphatic heterocycles. The maximum Gasteiger partial charge on any atom is 0.405 e. The lowest BCUT2D eigenvalue weighted by atomic mass is 10.1. The Balaban J connectivity index is 0.00000324. The van der Waals surface area contributed by atoms with E-state index in [-0.39, 0.29) is 6.15 Å². The summed E-state index contributed by atoms with van der Waals surface area (Å²) in [5.74, 6) is 0. The first kappa shape index (κ1) is 18.3. The molecule has 1 aromatic carbocycles. The summed E-state index contributed by atoms with van der Waals surface area (Å²) in [6.07, 6.45) is 1.85. The fourth-order valence-corrected chi connectivity index (χ4v) is 2.99. The number of hydrogen-bond acceptors (Lipinski definition) is 4. The molecule has 6 heteroatoms. The second-order valence-electron chi connectivity index (χ2n) is 3.83. The smallest absolute Gasteiger partial charge is 0.344 e. The number of nitrogens with one attached hydrogen (secondary N) is 1. The molecular formula is C13H25N2O3P. The molecule has 0 radical (unpaired) electrons. The maximum absolute atomic E-state index is 12.1. The Morgan fingerprint density at radius 2 is 1.68 bits per heavy atom. The molecule has 0 saturated heterocycles. The zero-order valence-electron chi connectivity index (χ0n) is 11.8. The van der Waals surface area contributed by atoms with Crippen LogP contribution in [0.15, 0.2) is 30.3 Å². The van der Waals surface area contributed by atoms with Gasteiger partial charge in [0.25, 0.3) is 0 Å². The first-order chi connectivity index (χ1) is 8.70. The van der Waals surface area contributed by atoms with E-state index in [9.17, 15) is 4.57 Å². The topological polar surface area (TPSA) is 82.6 Å². The Kier molecular flexibility index (Phi) is 9.74. The van der Waals surface area contributed by atoms with Gasteiger partial charge < -0.3 is 6.15 Å². The van der Waals surface area contributed by atoms with E-state index in [1.54, 1.807) is 13.8 Å². The van der Waals surface area contributed by atoms with Crippen LogP contribution < -0.4 is 11.2 Å². The van der Waals surface area contributed by atoms with Crippen LogP contribution in [0.3, 0.4) is 0 Å². The van der Waals surface area contributed by atoms with Crippen molar-refractivity contribution in [2.24, 2.45) is 0 Å². The monoisotopic (exact) mass is 288 g/mol. The van der Waals surface area contributed by atoms with Gasteiger partial charge in [0, 0.05) is 6.54 Å². The first-order valence-corrected chi connectivity index (χ1v) is 7.92. The molecule has 0 bridgehead atoms. The molecule has 0 amide bonds. The van der Waals surface area contributed by atoms with E-state index in [1.165, 1.54) is 5.56 Å². The van der Waals surface area contributed by atoms with Gasteiger partial charge in [0.2, 0.25) is 0 Å². The Bertz CT molecular complexity index is 363. The molecular weight excluding hydrogens is 263 g/mol. The van der Waals surface area contributed by atoms with Gasteiger partial charge in [-0.05, 0) is 32.3 Å². The first-order valence-electron chi connectivity index (χ1n) is 6.38. The summed E-state index contributed by atoms with van der Waals surface area (Å²) < 4.78 is 22.4. The van der Waals surface area contributed by atoms with Crippen molar-refractivity contribution >= 4 is 7.75 Å². The zero-order valence-corrected chi connectivity index (χ0v) is 12.7. The lowest BCUT2D eigenvalue weighted by Gasteiger charge is -2.17. The van der Waals surface area contributed by atoms with Crippen LogP contribution >= 0.6 is 7.75 Å². The predicted molar refractivity (Wildman–Crippen MR) is 78.6 cm³/mol. The van der Waals surface area contributed by atoms with E-state index in [1.807, 2.05) is 18.2 Å². The Hall–Kier alpha value is -0.710. The summed E-state index contributed by atoms with van der Waals surface area (Å²) in [4.78, 5) is 0. The van der Waals surface area contributed by atoms with Crippen LogP contribution in [-0.2, 0) is 20.0 Å². The third-order valence-corrected chi connectivity index (χ3v) is 4.20. The molecule has 0 aromatic heterocycles. The number of benzene rings is 1. The molecule has 0 atom stereocenters. The van der Waals surface area contributed by atoms with Crippen LogP contribution in [0.4, 0.5) is 0 Å². The van der Waals surface area contributed by atoms with E-state index >= 15 is 0 Å². The molecule has 0 aliphatic rings. The average molecular weight is 288 g/mol. The number of hydrogen-bond donors (Lipinski definition) is 2. The number of rotatable bonds is 9. The summed E-state index contributed by atoms with van der Waals surface area (Å²) in [7, 11) is -3.09. The minimum absolute atomic E-state index is 0. The molecule has 1 aromatic rings. The summed E-state index contributed by atoms with van der Waals surface area (Å²) in [5, 5.41) is 2.88. The van der Waals surface area contributed by atoms with Gasteiger partial charge in [-0.15, -0.1) is 0 Å². The molecule has 19 heavy (non-hydrogen) atoms.